The van der Waals surface area contributed by atoms with E-state index >= 15 is 0 Å². The molecule has 66 heavy (non-hydrogen) atoms. The Morgan fingerprint density at radius 1 is 0.561 bits per heavy atom. The van der Waals surface area contributed by atoms with Crippen LogP contribution in [0.1, 0.15) is 168 Å². The SMILES string of the molecule is CCCCCCCC/C=C\C/C=C\C/C=C\CCCC(=O)O[C@H](COC(=O)CCCCCCC/C=C\CC1OC1CCCCC)COP(=O)(O)O[C@H]1C(O)C(O)C(O)[C@@H](OP(=O)(O)O)C1O. The zero-order chi connectivity index (χ0) is 48.6. The van der Waals surface area contributed by atoms with Crippen molar-refractivity contribution < 1.29 is 81.6 Å². The van der Waals surface area contributed by atoms with E-state index in [0.717, 1.165) is 64.2 Å². The molecule has 0 aromatic heterocycles. The van der Waals surface area contributed by atoms with E-state index in [1.54, 1.807) is 0 Å². The summed E-state index contributed by atoms with van der Waals surface area (Å²) < 4.78 is 55.1. The fourth-order valence-corrected chi connectivity index (χ4v) is 8.94. The molecule has 1 aliphatic heterocycles. The minimum absolute atomic E-state index is 0.0345. The first kappa shape index (κ1) is 60.0. The van der Waals surface area contributed by atoms with Crippen molar-refractivity contribution in [2.45, 2.75) is 223 Å². The minimum Gasteiger partial charge on any atom is -0.462 e. The van der Waals surface area contributed by atoms with Gasteiger partial charge in [-0.2, -0.15) is 0 Å². The monoisotopic (exact) mass is 981 g/mol. The van der Waals surface area contributed by atoms with Crippen LogP contribution in [-0.4, -0.2) is 115 Å². The number of aliphatic hydroxyl groups is 4. The average Bonchev–Trinajstić information content (AvgIpc) is 4.03. The van der Waals surface area contributed by atoms with Crippen LogP contribution in [0.5, 0.6) is 0 Å². The molecule has 0 aromatic rings. The van der Waals surface area contributed by atoms with Gasteiger partial charge in [-0.3, -0.25) is 23.2 Å². The standard InChI is InChI=1S/C47H82O17P2/c1-3-5-7-8-9-10-11-12-13-14-15-16-17-18-23-26-30-34-41(49)61-37(36-60-66(57,58)64-47-44(52)42(50)43(51)46(45(47)53)63-65(54,55)56)35-59-40(48)33-29-25-22-20-19-21-24-28-32-39-38(62-39)31-27-6-4-2/h12-13,15-16,18,23-24,28,37-39,42-47,50-53H,3-11,14,17,19-22,25-27,29-36H2,1-2H3,(H,57,58)(H2,54,55,56)/b13-12-,16-15-,23-18-,28-24-/t37-,38?,39?,42?,43?,44?,45?,46-,47+/m1/s1. The second kappa shape index (κ2) is 35.1. The predicted octanol–water partition coefficient (Wildman–Crippen LogP) is 8.27. The molecule has 7 unspecified atom stereocenters. The summed E-state index contributed by atoms with van der Waals surface area (Å²) in [5, 5.41) is 41.2. The van der Waals surface area contributed by atoms with Crippen LogP contribution >= 0.6 is 15.6 Å². The number of carbonyl (C=O) groups is 2. The second-order valence-corrected chi connectivity index (χ2v) is 19.8. The lowest BCUT2D eigenvalue weighted by Crippen LogP contribution is -2.64. The Morgan fingerprint density at radius 3 is 1.70 bits per heavy atom. The summed E-state index contributed by atoms with van der Waals surface area (Å²) in [5.74, 6) is -1.29. The maximum Gasteiger partial charge on any atom is 0.472 e. The van der Waals surface area contributed by atoms with E-state index < -0.39 is 83.5 Å². The van der Waals surface area contributed by atoms with Crippen molar-refractivity contribution in [2.75, 3.05) is 13.2 Å². The van der Waals surface area contributed by atoms with Crippen molar-refractivity contribution in [2.24, 2.45) is 0 Å². The summed E-state index contributed by atoms with van der Waals surface area (Å²) in [5.41, 5.74) is 0. The number of aliphatic hydroxyl groups excluding tert-OH is 4. The van der Waals surface area contributed by atoms with Gasteiger partial charge in [0, 0.05) is 12.8 Å². The summed E-state index contributed by atoms with van der Waals surface area (Å²) in [7, 11) is -10.7. The number of hydrogen-bond donors (Lipinski definition) is 7. The molecule has 0 bridgehead atoms. The van der Waals surface area contributed by atoms with Crippen molar-refractivity contribution >= 4 is 27.6 Å². The molecule has 0 spiro atoms. The molecule has 2 aliphatic rings. The molecule has 1 saturated carbocycles. The fourth-order valence-electron chi connectivity index (χ4n) is 7.40. The maximum atomic E-state index is 13.0. The fraction of sp³-hybridized carbons (Fsp3) is 0.787. The van der Waals surface area contributed by atoms with E-state index in [1.165, 1.54) is 57.8 Å². The van der Waals surface area contributed by atoms with E-state index in [0.29, 0.717) is 31.5 Å². The molecular weight excluding hydrogens is 898 g/mol. The van der Waals surface area contributed by atoms with Crippen LogP contribution in [0.15, 0.2) is 48.6 Å². The van der Waals surface area contributed by atoms with Crippen LogP contribution in [0.3, 0.4) is 0 Å². The van der Waals surface area contributed by atoms with Gasteiger partial charge in [-0.1, -0.05) is 133 Å². The lowest BCUT2D eigenvalue weighted by molar-refractivity contribution is -0.216. The second-order valence-electron chi connectivity index (χ2n) is 17.2. The number of carbonyl (C=O) groups excluding carboxylic acids is 2. The van der Waals surface area contributed by atoms with Crippen molar-refractivity contribution in [3.63, 3.8) is 0 Å². The molecule has 382 valence electrons. The molecule has 0 radical (unpaired) electrons. The third-order valence-electron chi connectivity index (χ3n) is 11.3. The first-order valence-corrected chi connectivity index (χ1v) is 27.3. The van der Waals surface area contributed by atoms with Crippen molar-refractivity contribution in [1.82, 2.24) is 0 Å². The third-order valence-corrected chi connectivity index (χ3v) is 12.8. The van der Waals surface area contributed by atoms with Crippen LogP contribution < -0.4 is 0 Å². The van der Waals surface area contributed by atoms with Gasteiger partial charge in [0.1, 0.15) is 43.2 Å². The Bertz CT molecular complexity index is 1530. The van der Waals surface area contributed by atoms with E-state index in [2.05, 4.69) is 54.8 Å². The Hall–Kier alpha value is -2.08. The Balaban J connectivity index is 1.81. The highest BCUT2D eigenvalue weighted by atomic mass is 31.2. The molecule has 10 atom stereocenters. The van der Waals surface area contributed by atoms with Crippen LogP contribution in [0.2, 0.25) is 0 Å². The van der Waals surface area contributed by atoms with Crippen LogP contribution in [0.25, 0.3) is 0 Å². The molecule has 2 rings (SSSR count). The topological polar surface area (TPSA) is 269 Å². The van der Waals surface area contributed by atoms with E-state index in [-0.39, 0.29) is 12.8 Å². The molecule has 19 heteroatoms. The third kappa shape index (κ3) is 28.4. The maximum absolute atomic E-state index is 13.0. The van der Waals surface area contributed by atoms with E-state index in [1.807, 2.05) is 12.2 Å². The first-order valence-electron chi connectivity index (χ1n) is 24.3. The molecule has 0 amide bonds. The molecule has 1 aliphatic carbocycles. The number of phosphoric ester groups is 2. The summed E-state index contributed by atoms with van der Waals surface area (Å²) in [4.78, 5) is 54.3. The first-order chi connectivity index (χ1) is 31.6. The van der Waals surface area contributed by atoms with Crippen molar-refractivity contribution in [3.05, 3.63) is 48.6 Å². The molecule has 0 aromatic carbocycles. The molecule has 17 nitrogen and oxygen atoms in total. The summed E-state index contributed by atoms with van der Waals surface area (Å²) in [6.45, 7) is 3.01. The zero-order valence-corrected chi connectivity index (χ0v) is 41.1. The highest BCUT2D eigenvalue weighted by Gasteiger charge is 2.54. The smallest absolute Gasteiger partial charge is 0.462 e. The number of allylic oxidation sites excluding steroid dienone is 7. The Labute approximate surface area is 392 Å². The van der Waals surface area contributed by atoms with Gasteiger partial charge in [0.05, 0.1) is 18.8 Å². The summed E-state index contributed by atoms with van der Waals surface area (Å²) >= 11 is 0. The molecule has 2 fully saturated rings. The van der Waals surface area contributed by atoms with Gasteiger partial charge >= 0.3 is 27.6 Å². The molecule has 1 heterocycles. The number of rotatable bonds is 39. The highest BCUT2D eigenvalue weighted by Crippen LogP contribution is 2.49. The number of phosphoric acid groups is 2. The van der Waals surface area contributed by atoms with Crippen LogP contribution in [-0.2, 0) is 46.5 Å². The quantitative estimate of drug-likeness (QED) is 0.0100. The van der Waals surface area contributed by atoms with Gasteiger partial charge < -0.3 is 49.3 Å². The normalized spacial score (nSPS) is 25.0. The summed E-state index contributed by atoms with van der Waals surface area (Å²) in [6.07, 6.45) is 25.3. The number of epoxide rings is 1. The predicted molar refractivity (Wildman–Crippen MR) is 250 cm³/mol. The molecule has 7 N–H and O–H groups in total. The summed E-state index contributed by atoms with van der Waals surface area (Å²) in [6, 6.07) is 0. The highest BCUT2D eigenvalue weighted by molar-refractivity contribution is 7.47. The lowest BCUT2D eigenvalue weighted by atomic mass is 9.85. The molecular formula is C47H82O17P2. The Morgan fingerprint density at radius 2 is 1.08 bits per heavy atom. The van der Waals surface area contributed by atoms with E-state index in [9.17, 15) is 53.8 Å². The van der Waals surface area contributed by atoms with Gasteiger partial charge in [-0.15, -0.1) is 0 Å². The largest absolute Gasteiger partial charge is 0.472 e. The van der Waals surface area contributed by atoms with Crippen molar-refractivity contribution in [1.29, 1.82) is 0 Å². The van der Waals surface area contributed by atoms with Gasteiger partial charge in [-0.05, 0) is 70.6 Å². The number of ether oxygens (including phenoxy) is 3. The zero-order valence-electron chi connectivity index (χ0n) is 39.3. The van der Waals surface area contributed by atoms with Gasteiger partial charge in [0.25, 0.3) is 0 Å². The molecule has 1 saturated heterocycles. The van der Waals surface area contributed by atoms with Gasteiger partial charge in [-0.25, -0.2) is 9.13 Å². The van der Waals surface area contributed by atoms with Crippen LogP contribution in [0.4, 0.5) is 0 Å². The van der Waals surface area contributed by atoms with Gasteiger partial charge in [0.15, 0.2) is 6.10 Å². The van der Waals surface area contributed by atoms with Gasteiger partial charge in [0.2, 0.25) is 0 Å². The number of esters is 2. The number of unbranched alkanes of at least 4 members (excludes halogenated alkanes) is 14. The minimum atomic E-state index is -5.37. The van der Waals surface area contributed by atoms with E-state index in [4.69, 9.17) is 23.3 Å². The van der Waals surface area contributed by atoms with Crippen LogP contribution in [0, 0.1) is 0 Å². The Kier molecular flexibility index (Phi) is 31.9. The number of hydrogen-bond acceptors (Lipinski definition) is 14. The lowest BCUT2D eigenvalue weighted by Gasteiger charge is -2.43. The van der Waals surface area contributed by atoms with Crippen molar-refractivity contribution in [3.8, 4) is 0 Å². The average molecular weight is 981 g/mol.